The Bertz CT molecular complexity index is 575. The summed E-state index contributed by atoms with van der Waals surface area (Å²) in [6, 6.07) is 5.66. The topological polar surface area (TPSA) is 55.0 Å². The minimum absolute atomic E-state index is 0.00301. The molecule has 1 aromatic heterocycles. The first kappa shape index (κ1) is 11.0. The molecule has 0 saturated carbocycles. The van der Waals surface area contributed by atoms with Crippen molar-refractivity contribution in [2.24, 2.45) is 5.92 Å². The molecule has 0 radical (unpaired) electrons. The standard InChI is InChI=1S/C14H14N2O2/c1-18-13-4-2-3-11-12(13)6-9(14(11)17)5-10-7-15-8-16-10/h2-4,7-9H,5-6H2,1H3,(H,15,16). The van der Waals surface area contributed by atoms with Gasteiger partial charge in [-0.2, -0.15) is 0 Å². The number of H-pyrrole nitrogens is 1. The van der Waals surface area contributed by atoms with Gasteiger partial charge in [-0.3, -0.25) is 4.79 Å². The van der Waals surface area contributed by atoms with Gasteiger partial charge in [0.15, 0.2) is 5.78 Å². The average Bonchev–Trinajstić information content (AvgIpc) is 3.00. The van der Waals surface area contributed by atoms with E-state index in [-0.39, 0.29) is 11.7 Å². The maximum atomic E-state index is 12.3. The van der Waals surface area contributed by atoms with E-state index in [0.29, 0.717) is 6.42 Å². The summed E-state index contributed by atoms with van der Waals surface area (Å²) >= 11 is 0. The summed E-state index contributed by atoms with van der Waals surface area (Å²) in [5, 5.41) is 0. The molecule has 0 bridgehead atoms. The summed E-state index contributed by atoms with van der Waals surface area (Å²) in [6.45, 7) is 0. The van der Waals surface area contributed by atoms with Crippen LogP contribution in [0.1, 0.15) is 21.6 Å². The van der Waals surface area contributed by atoms with Crippen molar-refractivity contribution in [3.8, 4) is 5.75 Å². The highest BCUT2D eigenvalue weighted by molar-refractivity contribution is 6.03. The van der Waals surface area contributed by atoms with Crippen molar-refractivity contribution < 1.29 is 9.53 Å². The van der Waals surface area contributed by atoms with E-state index in [9.17, 15) is 4.79 Å². The zero-order valence-electron chi connectivity index (χ0n) is 10.1. The quantitative estimate of drug-likeness (QED) is 0.895. The number of hydrogen-bond acceptors (Lipinski definition) is 3. The van der Waals surface area contributed by atoms with Crippen LogP contribution in [0.2, 0.25) is 0 Å². The van der Waals surface area contributed by atoms with E-state index < -0.39 is 0 Å². The zero-order chi connectivity index (χ0) is 12.5. The fraction of sp³-hybridized carbons (Fsp3) is 0.286. The number of benzene rings is 1. The van der Waals surface area contributed by atoms with Gasteiger partial charge >= 0.3 is 0 Å². The normalized spacial score (nSPS) is 17.8. The van der Waals surface area contributed by atoms with Crippen LogP contribution < -0.4 is 4.74 Å². The predicted molar refractivity (Wildman–Crippen MR) is 66.8 cm³/mol. The molecule has 0 fully saturated rings. The molecule has 0 saturated heterocycles. The molecule has 0 aliphatic heterocycles. The van der Waals surface area contributed by atoms with Crippen LogP contribution in [0.15, 0.2) is 30.7 Å². The van der Waals surface area contributed by atoms with Gasteiger partial charge in [0, 0.05) is 28.9 Å². The molecule has 1 heterocycles. The smallest absolute Gasteiger partial charge is 0.167 e. The molecular weight excluding hydrogens is 228 g/mol. The highest BCUT2D eigenvalue weighted by Gasteiger charge is 2.32. The first-order chi connectivity index (χ1) is 8.79. The molecule has 18 heavy (non-hydrogen) atoms. The number of imidazole rings is 1. The molecule has 1 N–H and O–H groups in total. The van der Waals surface area contributed by atoms with E-state index in [2.05, 4.69) is 9.97 Å². The number of rotatable bonds is 3. The fourth-order valence-corrected chi connectivity index (χ4v) is 2.58. The Morgan fingerprint density at radius 2 is 2.39 bits per heavy atom. The molecule has 3 rings (SSSR count). The minimum Gasteiger partial charge on any atom is -0.496 e. The summed E-state index contributed by atoms with van der Waals surface area (Å²) in [5.41, 5.74) is 2.84. The van der Waals surface area contributed by atoms with Crippen LogP contribution in [0.4, 0.5) is 0 Å². The van der Waals surface area contributed by atoms with Crippen LogP contribution in [0, 0.1) is 5.92 Å². The van der Waals surface area contributed by atoms with Gasteiger partial charge in [-0.25, -0.2) is 4.98 Å². The molecule has 1 aliphatic rings. The number of aromatic nitrogens is 2. The molecule has 4 heteroatoms. The van der Waals surface area contributed by atoms with Gasteiger partial charge in [0.05, 0.1) is 13.4 Å². The van der Waals surface area contributed by atoms with Gasteiger partial charge in [-0.15, -0.1) is 0 Å². The van der Waals surface area contributed by atoms with Crippen LogP contribution in [-0.2, 0) is 12.8 Å². The van der Waals surface area contributed by atoms with Gasteiger partial charge in [0.2, 0.25) is 0 Å². The number of aromatic amines is 1. The van der Waals surface area contributed by atoms with Crippen molar-refractivity contribution in [2.75, 3.05) is 7.11 Å². The van der Waals surface area contributed by atoms with Gasteiger partial charge in [-0.1, -0.05) is 12.1 Å². The van der Waals surface area contributed by atoms with Crippen molar-refractivity contribution in [1.82, 2.24) is 9.97 Å². The lowest BCUT2D eigenvalue weighted by Crippen LogP contribution is -2.12. The molecule has 4 nitrogen and oxygen atoms in total. The lowest BCUT2D eigenvalue weighted by molar-refractivity contribution is 0.0935. The number of fused-ring (bicyclic) bond motifs is 1. The van der Waals surface area contributed by atoms with Crippen molar-refractivity contribution in [2.45, 2.75) is 12.8 Å². The third kappa shape index (κ3) is 1.70. The largest absolute Gasteiger partial charge is 0.496 e. The van der Waals surface area contributed by atoms with Crippen molar-refractivity contribution in [1.29, 1.82) is 0 Å². The molecule has 0 spiro atoms. The van der Waals surface area contributed by atoms with Crippen LogP contribution in [0.25, 0.3) is 0 Å². The van der Waals surface area contributed by atoms with E-state index >= 15 is 0 Å². The van der Waals surface area contributed by atoms with Gasteiger partial charge in [0.25, 0.3) is 0 Å². The maximum Gasteiger partial charge on any atom is 0.167 e. The molecule has 2 aromatic rings. The summed E-state index contributed by atoms with van der Waals surface area (Å²) < 4.78 is 5.32. The second-order valence-corrected chi connectivity index (χ2v) is 4.53. The number of ketones is 1. The lowest BCUT2D eigenvalue weighted by Gasteiger charge is -2.06. The van der Waals surface area contributed by atoms with Gasteiger partial charge in [-0.05, 0) is 18.9 Å². The Morgan fingerprint density at radius 3 is 3.11 bits per heavy atom. The third-order valence-electron chi connectivity index (χ3n) is 3.46. The molecule has 92 valence electrons. The highest BCUT2D eigenvalue weighted by Crippen LogP contribution is 2.34. The number of methoxy groups -OCH3 is 1. The highest BCUT2D eigenvalue weighted by atomic mass is 16.5. The number of carbonyl (C=O) groups excluding carboxylic acids is 1. The second-order valence-electron chi connectivity index (χ2n) is 4.53. The summed E-state index contributed by atoms with van der Waals surface area (Å²) in [7, 11) is 1.64. The Morgan fingerprint density at radius 1 is 1.50 bits per heavy atom. The first-order valence-corrected chi connectivity index (χ1v) is 5.97. The predicted octanol–water partition coefficient (Wildman–Crippen LogP) is 2.02. The van der Waals surface area contributed by atoms with E-state index in [1.165, 1.54) is 0 Å². The summed E-state index contributed by atoms with van der Waals surface area (Å²) in [4.78, 5) is 19.3. The van der Waals surface area contributed by atoms with E-state index in [1.54, 1.807) is 19.6 Å². The minimum atomic E-state index is -0.00301. The van der Waals surface area contributed by atoms with Crippen LogP contribution in [-0.4, -0.2) is 22.9 Å². The SMILES string of the molecule is COc1cccc2c1CC(Cc1cnc[nH]1)C2=O. The third-order valence-corrected chi connectivity index (χ3v) is 3.46. The lowest BCUT2D eigenvalue weighted by atomic mass is 9.99. The Labute approximate surface area is 105 Å². The van der Waals surface area contributed by atoms with E-state index in [0.717, 1.165) is 29.0 Å². The second kappa shape index (κ2) is 4.29. The van der Waals surface area contributed by atoms with Crippen molar-refractivity contribution in [3.63, 3.8) is 0 Å². The Balaban J connectivity index is 1.89. The van der Waals surface area contributed by atoms with Crippen molar-refractivity contribution >= 4 is 5.78 Å². The molecule has 1 unspecified atom stereocenters. The number of nitrogens with zero attached hydrogens (tertiary/aromatic N) is 1. The monoisotopic (exact) mass is 242 g/mol. The van der Waals surface area contributed by atoms with E-state index in [1.807, 2.05) is 18.2 Å². The summed E-state index contributed by atoms with van der Waals surface area (Å²) in [6.07, 6.45) is 4.86. The van der Waals surface area contributed by atoms with Gasteiger partial charge < -0.3 is 9.72 Å². The molecule has 1 aliphatic carbocycles. The number of carbonyl (C=O) groups is 1. The number of hydrogen-bond donors (Lipinski definition) is 1. The number of ether oxygens (including phenoxy) is 1. The summed E-state index contributed by atoms with van der Waals surface area (Å²) in [5.74, 6) is 1.02. The van der Waals surface area contributed by atoms with Crippen LogP contribution in [0.3, 0.4) is 0 Å². The van der Waals surface area contributed by atoms with E-state index in [4.69, 9.17) is 4.74 Å². The van der Waals surface area contributed by atoms with Crippen LogP contribution in [0.5, 0.6) is 5.75 Å². The molecule has 1 aromatic carbocycles. The number of nitrogens with one attached hydrogen (secondary N) is 1. The van der Waals surface area contributed by atoms with Crippen molar-refractivity contribution in [3.05, 3.63) is 47.5 Å². The first-order valence-electron chi connectivity index (χ1n) is 5.97. The van der Waals surface area contributed by atoms with Gasteiger partial charge in [0.1, 0.15) is 5.75 Å². The molecule has 1 atom stereocenters. The average molecular weight is 242 g/mol. The molecular formula is C14H14N2O2. The fourth-order valence-electron chi connectivity index (χ4n) is 2.58. The Hall–Kier alpha value is -2.10. The Kier molecular flexibility index (Phi) is 2.63. The zero-order valence-corrected chi connectivity index (χ0v) is 10.1. The maximum absolute atomic E-state index is 12.3. The van der Waals surface area contributed by atoms with Crippen LogP contribution >= 0.6 is 0 Å². The molecule has 0 amide bonds. The number of Topliss-reactive ketones (excluding diaryl/α,β-unsaturated/α-hetero) is 1.